The Morgan fingerprint density at radius 1 is 1.24 bits per heavy atom. The van der Waals surface area contributed by atoms with Crippen LogP contribution in [0.3, 0.4) is 0 Å². The van der Waals surface area contributed by atoms with E-state index in [9.17, 15) is 0 Å². The smallest absolute Gasteiger partial charge is 0.191 e. The summed E-state index contributed by atoms with van der Waals surface area (Å²) in [6, 6.07) is 12.9. The Morgan fingerprint density at radius 2 is 2.10 bits per heavy atom. The summed E-state index contributed by atoms with van der Waals surface area (Å²) < 4.78 is 10.8. The average Bonchev–Trinajstić information content (AvgIpc) is 3.31. The molecule has 0 saturated carbocycles. The van der Waals surface area contributed by atoms with Crippen LogP contribution in [0, 0.1) is 0 Å². The van der Waals surface area contributed by atoms with Gasteiger partial charge in [-0.2, -0.15) is 0 Å². The van der Waals surface area contributed by atoms with Gasteiger partial charge in [0.2, 0.25) is 0 Å². The molecule has 0 spiro atoms. The molecule has 1 aliphatic heterocycles. The molecule has 158 valence electrons. The molecule has 2 aromatic rings. The van der Waals surface area contributed by atoms with Gasteiger partial charge in [0.05, 0.1) is 26.4 Å². The lowest BCUT2D eigenvalue weighted by molar-refractivity contribution is 0.0177. The second-order valence-corrected chi connectivity index (χ2v) is 7.99. The van der Waals surface area contributed by atoms with Gasteiger partial charge in [-0.1, -0.05) is 18.2 Å². The van der Waals surface area contributed by atoms with Crippen molar-refractivity contribution >= 4 is 17.3 Å². The highest BCUT2D eigenvalue weighted by Crippen LogP contribution is 2.25. The molecule has 1 aromatic heterocycles. The third-order valence-corrected chi connectivity index (χ3v) is 6.09. The molecule has 0 amide bonds. The normalized spacial score (nSPS) is 16.4. The van der Waals surface area contributed by atoms with Crippen LogP contribution >= 0.6 is 11.3 Å². The van der Waals surface area contributed by atoms with Crippen molar-refractivity contribution in [1.82, 2.24) is 15.5 Å². The number of morpholine rings is 1. The SMILES string of the molecule is CN=C(NCCCc1cccc(OC)c1)NCC(c1cccs1)N1CCOCC1. The van der Waals surface area contributed by atoms with Crippen LogP contribution in [0.15, 0.2) is 46.8 Å². The summed E-state index contributed by atoms with van der Waals surface area (Å²) in [7, 11) is 3.53. The van der Waals surface area contributed by atoms with Crippen LogP contribution in [0.1, 0.15) is 22.9 Å². The minimum Gasteiger partial charge on any atom is -0.497 e. The van der Waals surface area contributed by atoms with Crippen LogP contribution in [-0.2, 0) is 11.2 Å². The van der Waals surface area contributed by atoms with Gasteiger partial charge in [-0.25, -0.2) is 0 Å². The van der Waals surface area contributed by atoms with Gasteiger partial charge in [0.25, 0.3) is 0 Å². The third kappa shape index (κ3) is 6.73. The molecule has 1 fully saturated rings. The summed E-state index contributed by atoms with van der Waals surface area (Å²) in [5.41, 5.74) is 1.29. The summed E-state index contributed by atoms with van der Waals surface area (Å²) >= 11 is 1.81. The lowest BCUT2D eigenvalue weighted by Gasteiger charge is -2.34. The first-order valence-electron chi connectivity index (χ1n) is 10.2. The molecule has 0 radical (unpaired) electrons. The number of thiophene rings is 1. The molecule has 1 aliphatic rings. The maximum absolute atomic E-state index is 5.53. The Hall–Kier alpha value is -2.09. The fourth-order valence-electron chi connectivity index (χ4n) is 3.52. The summed E-state index contributed by atoms with van der Waals surface area (Å²) in [6.45, 7) is 5.25. The van der Waals surface area contributed by atoms with Crippen molar-refractivity contribution in [3.8, 4) is 5.75 Å². The highest BCUT2D eigenvalue weighted by atomic mass is 32.1. The number of ether oxygens (including phenoxy) is 2. The third-order valence-electron chi connectivity index (χ3n) is 5.11. The molecule has 1 unspecified atom stereocenters. The molecular formula is C22H32N4O2S. The van der Waals surface area contributed by atoms with Crippen molar-refractivity contribution < 1.29 is 9.47 Å². The average molecular weight is 417 g/mol. The van der Waals surface area contributed by atoms with E-state index in [0.717, 1.165) is 63.9 Å². The number of nitrogens with zero attached hydrogens (tertiary/aromatic N) is 2. The van der Waals surface area contributed by atoms with E-state index in [1.54, 1.807) is 7.11 Å². The first kappa shape index (κ1) is 21.6. The van der Waals surface area contributed by atoms with Crippen molar-refractivity contribution in [3.63, 3.8) is 0 Å². The van der Waals surface area contributed by atoms with Crippen molar-refractivity contribution in [1.29, 1.82) is 0 Å². The summed E-state index contributed by atoms with van der Waals surface area (Å²) in [4.78, 5) is 8.27. The first-order valence-corrected chi connectivity index (χ1v) is 11.1. The van der Waals surface area contributed by atoms with Gasteiger partial charge in [0.1, 0.15) is 5.75 Å². The van der Waals surface area contributed by atoms with Gasteiger partial charge in [-0.05, 0) is 42.0 Å². The van der Waals surface area contributed by atoms with Crippen LogP contribution in [0.25, 0.3) is 0 Å². The Kier molecular flexibility index (Phi) is 8.80. The van der Waals surface area contributed by atoms with Crippen molar-refractivity contribution in [2.45, 2.75) is 18.9 Å². The van der Waals surface area contributed by atoms with E-state index in [1.165, 1.54) is 10.4 Å². The largest absolute Gasteiger partial charge is 0.497 e. The molecule has 3 rings (SSSR count). The minimum atomic E-state index is 0.342. The topological polar surface area (TPSA) is 58.1 Å². The Balaban J connectivity index is 1.45. The van der Waals surface area contributed by atoms with Gasteiger partial charge >= 0.3 is 0 Å². The molecule has 6 nitrogen and oxygen atoms in total. The Labute approximate surface area is 177 Å². The van der Waals surface area contributed by atoms with Gasteiger partial charge in [0, 0.05) is 38.1 Å². The van der Waals surface area contributed by atoms with Gasteiger partial charge < -0.3 is 20.1 Å². The fraction of sp³-hybridized carbons (Fsp3) is 0.500. The molecule has 0 aliphatic carbocycles. The van der Waals surface area contributed by atoms with Crippen LogP contribution in [0.4, 0.5) is 0 Å². The van der Waals surface area contributed by atoms with Crippen LogP contribution < -0.4 is 15.4 Å². The van der Waals surface area contributed by atoms with Crippen molar-refractivity contribution in [2.24, 2.45) is 4.99 Å². The quantitative estimate of drug-likeness (QED) is 0.374. The highest BCUT2D eigenvalue weighted by Gasteiger charge is 2.23. The Bertz CT molecular complexity index is 745. The molecule has 2 heterocycles. The molecule has 7 heteroatoms. The number of benzene rings is 1. The van der Waals surface area contributed by atoms with Gasteiger partial charge in [-0.3, -0.25) is 9.89 Å². The van der Waals surface area contributed by atoms with Gasteiger partial charge in [0.15, 0.2) is 5.96 Å². The maximum atomic E-state index is 5.53. The van der Waals surface area contributed by atoms with E-state index in [4.69, 9.17) is 9.47 Å². The number of hydrogen-bond acceptors (Lipinski definition) is 5. The number of nitrogens with one attached hydrogen (secondary N) is 2. The molecule has 1 atom stereocenters. The fourth-order valence-corrected chi connectivity index (χ4v) is 4.38. The van der Waals surface area contributed by atoms with E-state index >= 15 is 0 Å². The zero-order chi connectivity index (χ0) is 20.3. The number of aryl methyl sites for hydroxylation is 1. The standard InChI is InChI=1S/C22H32N4O2S/c1-23-22(24-10-4-7-18-6-3-8-19(16-18)27-2)25-17-20(21-9-5-15-29-21)26-11-13-28-14-12-26/h3,5-6,8-9,15-16,20H,4,7,10-14,17H2,1-2H3,(H2,23,24,25). The maximum Gasteiger partial charge on any atom is 0.191 e. The lowest BCUT2D eigenvalue weighted by Crippen LogP contribution is -2.46. The second kappa shape index (κ2) is 11.8. The number of rotatable bonds is 9. The number of aliphatic imine (C=N–C) groups is 1. The van der Waals surface area contributed by atoms with E-state index < -0.39 is 0 Å². The van der Waals surface area contributed by atoms with Crippen molar-refractivity contribution in [2.75, 3.05) is 53.6 Å². The zero-order valence-electron chi connectivity index (χ0n) is 17.4. The van der Waals surface area contributed by atoms with E-state index in [1.807, 2.05) is 30.5 Å². The van der Waals surface area contributed by atoms with Gasteiger partial charge in [-0.15, -0.1) is 11.3 Å². The Morgan fingerprint density at radius 3 is 2.83 bits per heavy atom. The monoisotopic (exact) mass is 416 g/mol. The molecule has 29 heavy (non-hydrogen) atoms. The summed E-state index contributed by atoms with van der Waals surface area (Å²) in [6.07, 6.45) is 2.04. The molecular weight excluding hydrogens is 384 g/mol. The predicted molar refractivity (Wildman–Crippen MR) is 120 cm³/mol. The molecule has 1 aromatic carbocycles. The zero-order valence-corrected chi connectivity index (χ0v) is 18.2. The lowest BCUT2D eigenvalue weighted by atomic mass is 10.1. The minimum absolute atomic E-state index is 0.342. The number of methoxy groups -OCH3 is 1. The molecule has 1 saturated heterocycles. The molecule has 2 N–H and O–H groups in total. The van der Waals surface area contributed by atoms with Crippen molar-refractivity contribution in [3.05, 3.63) is 52.2 Å². The number of guanidine groups is 1. The van der Waals surface area contributed by atoms with E-state index in [2.05, 4.69) is 50.2 Å². The summed E-state index contributed by atoms with van der Waals surface area (Å²) in [5, 5.41) is 9.10. The van der Waals surface area contributed by atoms with Crippen LogP contribution in [0.2, 0.25) is 0 Å². The molecule has 0 bridgehead atoms. The highest BCUT2D eigenvalue weighted by molar-refractivity contribution is 7.10. The second-order valence-electron chi connectivity index (χ2n) is 7.01. The van der Waals surface area contributed by atoms with E-state index in [-0.39, 0.29) is 0 Å². The first-order chi connectivity index (χ1) is 14.3. The summed E-state index contributed by atoms with van der Waals surface area (Å²) in [5.74, 6) is 1.76. The predicted octanol–water partition coefficient (Wildman–Crippen LogP) is 2.93. The number of hydrogen-bond donors (Lipinski definition) is 2. The van der Waals surface area contributed by atoms with E-state index in [0.29, 0.717) is 6.04 Å². The van der Waals surface area contributed by atoms with Crippen LogP contribution in [-0.4, -0.2) is 64.4 Å². The van der Waals surface area contributed by atoms with Crippen LogP contribution in [0.5, 0.6) is 5.75 Å².